The number of aliphatic hydroxyl groups excluding tert-OH is 1. The number of halogens is 3. The van der Waals surface area contributed by atoms with E-state index < -0.39 is 12.3 Å². The van der Waals surface area contributed by atoms with E-state index in [1.165, 1.54) is 6.20 Å². The Morgan fingerprint density at radius 1 is 1.62 bits per heavy atom. The molecule has 1 heterocycles. The summed E-state index contributed by atoms with van der Waals surface area (Å²) in [6.45, 7) is 3.30. The average molecular weight is 192 g/mol. The van der Waals surface area contributed by atoms with E-state index in [4.69, 9.17) is 5.11 Å². The fraction of sp³-hybridized carbons (Fsp3) is 0.286. The number of aliphatic hydroxyl groups is 1. The van der Waals surface area contributed by atoms with Crippen LogP contribution in [0.15, 0.2) is 19.0 Å². The molecule has 0 radical (unpaired) electrons. The molecule has 0 spiro atoms. The first-order valence-corrected chi connectivity index (χ1v) is 3.36. The minimum atomic E-state index is -4.66. The van der Waals surface area contributed by atoms with E-state index >= 15 is 0 Å². The first-order valence-electron chi connectivity index (χ1n) is 3.36. The van der Waals surface area contributed by atoms with Gasteiger partial charge < -0.3 is 5.11 Å². The van der Waals surface area contributed by atoms with Crippen molar-refractivity contribution in [1.82, 2.24) is 9.78 Å². The third-order valence-electron chi connectivity index (χ3n) is 1.43. The van der Waals surface area contributed by atoms with E-state index in [-0.39, 0.29) is 5.56 Å². The summed E-state index contributed by atoms with van der Waals surface area (Å²) in [6, 6.07) is 0. The predicted molar refractivity (Wildman–Crippen MR) is 39.6 cm³/mol. The van der Waals surface area contributed by atoms with E-state index in [0.29, 0.717) is 0 Å². The van der Waals surface area contributed by atoms with Crippen LogP contribution >= 0.6 is 0 Å². The van der Waals surface area contributed by atoms with Gasteiger partial charge in [-0.25, -0.2) is 4.68 Å². The van der Waals surface area contributed by atoms with Crippen molar-refractivity contribution in [2.45, 2.75) is 12.3 Å². The van der Waals surface area contributed by atoms with Gasteiger partial charge in [0.2, 0.25) is 0 Å². The van der Waals surface area contributed by atoms with E-state index in [1.54, 1.807) is 0 Å². The molecule has 0 aliphatic heterocycles. The Balaban J connectivity index is 2.89. The van der Waals surface area contributed by atoms with Crippen molar-refractivity contribution in [1.29, 1.82) is 0 Å². The maximum Gasteiger partial charge on any atom is 0.418 e. The molecule has 13 heavy (non-hydrogen) atoms. The molecule has 0 saturated carbocycles. The lowest BCUT2D eigenvalue weighted by atomic mass is 10.2. The van der Waals surface area contributed by atoms with E-state index in [1.807, 2.05) is 0 Å². The molecule has 1 aromatic rings. The van der Waals surface area contributed by atoms with Crippen molar-refractivity contribution < 1.29 is 18.3 Å². The van der Waals surface area contributed by atoms with Gasteiger partial charge in [-0.05, 0) is 0 Å². The van der Waals surface area contributed by atoms with Crippen LogP contribution in [0.5, 0.6) is 0 Å². The predicted octanol–water partition coefficient (Wildman–Crippen LogP) is 1.58. The monoisotopic (exact) mass is 192 g/mol. The van der Waals surface area contributed by atoms with Gasteiger partial charge in [0.05, 0.1) is 6.20 Å². The van der Waals surface area contributed by atoms with E-state index in [9.17, 15) is 13.2 Å². The molecule has 3 nitrogen and oxygen atoms in total. The van der Waals surface area contributed by atoms with Gasteiger partial charge in [0, 0.05) is 18.0 Å². The molecule has 1 rings (SSSR count). The normalized spacial score (nSPS) is 14.2. The number of nitrogens with zero attached hydrogens (tertiary/aromatic N) is 2. The van der Waals surface area contributed by atoms with Crippen molar-refractivity contribution in [2.75, 3.05) is 0 Å². The molecule has 6 heteroatoms. The number of hydrogen-bond acceptors (Lipinski definition) is 2. The van der Waals surface area contributed by atoms with Crippen LogP contribution in [-0.4, -0.2) is 21.1 Å². The summed E-state index contributed by atoms with van der Waals surface area (Å²) in [5, 5.41) is 12.3. The largest absolute Gasteiger partial charge is 0.418 e. The van der Waals surface area contributed by atoms with Crippen LogP contribution in [0.2, 0.25) is 0 Å². The van der Waals surface area contributed by atoms with Gasteiger partial charge in [-0.1, -0.05) is 6.58 Å². The van der Waals surface area contributed by atoms with Gasteiger partial charge in [0.25, 0.3) is 0 Å². The van der Waals surface area contributed by atoms with Crippen LogP contribution in [-0.2, 0) is 0 Å². The molecule has 0 aliphatic rings. The third-order valence-corrected chi connectivity index (χ3v) is 1.43. The number of alkyl halides is 3. The second kappa shape index (κ2) is 3.21. The highest BCUT2D eigenvalue weighted by molar-refractivity contribution is 5.19. The SMILES string of the molecule is C=Cn1cc([C@H](O)C(F)(F)F)cn1. The summed E-state index contributed by atoms with van der Waals surface area (Å²) >= 11 is 0. The van der Waals surface area contributed by atoms with Gasteiger partial charge in [-0.15, -0.1) is 0 Å². The van der Waals surface area contributed by atoms with Crippen LogP contribution in [0.25, 0.3) is 6.20 Å². The molecule has 1 N–H and O–H groups in total. The average Bonchev–Trinajstić information content (AvgIpc) is 2.48. The van der Waals surface area contributed by atoms with Gasteiger partial charge in [-0.3, -0.25) is 0 Å². The number of aromatic nitrogens is 2. The van der Waals surface area contributed by atoms with Gasteiger partial charge >= 0.3 is 6.18 Å². The molecule has 72 valence electrons. The molecule has 0 bridgehead atoms. The summed E-state index contributed by atoms with van der Waals surface area (Å²) in [5.74, 6) is 0. The third kappa shape index (κ3) is 2.09. The molecule has 0 amide bonds. The molecular formula is C7H7F3N2O. The smallest absolute Gasteiger partial charge is 0.379 e. The van der Waals surface area contributed by atoms with E-state index in [2.05, 4.69) is 11.7 Å². The zero-order valence-corrected chi connectivity index (χ0v) is 6.49. The minimum Gasteiger partial charge on any atom is -0.379 e. The zero-order chi connectivity index (χ0) is 10.1. The Bertz CT molecular complexity index is 305. The second-order valence-electron chi connectivity index (χ2n) is 2.38. The molecule has 0 aromatic carbocycles. The maximum atomic E-state index is 11.9. The fourth-order valence-electron chi connectivity index (χ4n) is 0.783. The molecule has 1 atom stereocenters. The first kappa shape index (κ1) is 9.79. The highest BCUT2D eigenvalue weighted by Gasteiger charge is 2.39. The van der Waals surface area contributed by atoms with Crippen LogP contribution in [0.1, 0.15) is 11.7 Å². The Hall–Kier alpha value is -1.30. The van der Waals surface area contributed by atoms with Gasteiger partial charge in [0.1, 0.15) is 0 Å². The standard InChI is InChI=1S/C7H7F3N2O/c1-2-12-4-5(3-11-12)6(13)7(8,9)10/h2-4,6,13H,1H2/t6-/m0/s1. The molecular weight excluding hydrogens is 185 g/mol. The quantitative estimate of drug-likeness (QED) is 0.772. The van der Waals surface area contributed by atoms with E-state index in [0.717, 1.165) is 17.1 Å². The minimum absolute atomic E-state index is 0.299. The lowest BCUT2D eigenvalue weighted by Gasteiger charge is -2.11. The molecule has 0 unspecified atom stereocenters. The van der Waals surface area contributed by atoms with Crippen LogP contribution in [0.4, 0.5) is 13.2 Å². The molecule has 0 aliphatic carbocycles. The molecule has 0 saturated heterocycles. The summed E-state index contributed by atoms with van der Waals surface area (Å²) in [7, 11) is 0. The Morgan fingerprint density at radius 2 is 2.23 bits per heavy atom. The lowest BCUT2D eigenvalue weighted by Crippen LogP contribution is -2.19. The van der Waals surface area contributed by atoms with Gasteiger partial charge in [-0.2, -0.15) is 18.3 Å². The highest BCUT2D eigenvalue weighted by atomic mass is 19.4. The Kier molecular flexibility index (Phi) is 2.42. The summed E-state index contributed by atoms with van der Waals surface area (Å²) in [6.07, 6.45) is -3.91. The summed E-state index contributed by atoms with van der Waals surface area (Å²) in [5.41, 5.74) is -0.299. The lowest BCUT2D eigenvalue weighted by molar-refractivity contribution is -0.206. The highest BCUT2D eigenvalue weighted by Crippen LogP contribution is 2.31. The van der Waals surface area contributed by atoms with Gasteiger partial charge in [0.15, 0.2) is 6.10 Å². The number of rotatable bonds is 2. The van der Waals surface area contributed by atoms with Crippen LogP contribution < -0.4 is 0 Å². The van der Waals surface area contributed by atoms with Crippen molar-refractivity contribution in [3.05, 3.63) is 24.5 Å². The topological polar surface area (TPSA) is 38.0 Å². The maximum absolute atomic E-state index is 11.9. The first-order chi connectivity index (χ1) is 5.95. The van der Waals surface area contributed by atoms with Crippen molar-refractivity contribution in [3.63, 3.8) is 0 Å². The Morgan fingerprint density at radius 3 is 2.62 bits per heavy atom. The van der Waals surface area contributed by atoms with Crippen molar-refractivity contribution in [2.24, 2.45) is 0 Å². The second-order valence-corrected chi connectivity index (χ2v) is 2.38. The van der Waals surface area contributed by atoms with Crippen LogP contribution in [0.3, 0.4) is 0 Å². The zero-order valence-electron chi connectivity index (χ0n) is 6.49. The molecule has 1 aromatic heterocycles. The fourth-order valence-corrected chi connectivity index (χ4v) is 0.783. The van der Waals surface area contributed by atoms with Crippen molar-refractivity contribution in [3.8, 4) is 0 Å². The summed E-state index contributed by atoms with van der Waals surface area (Å²) < 4.78 is 36.9. The molecule has 0 fully saturated rings. The summed E-state index contributed by atoms with van der Waals surface area (Å²) in [4.78, 5) is 0. The van der Waals surface area contributed by atoms with Crippen LogP contribution in [0, 0.1) is 0 Å². The number of hydrogen-bond donors (Lipinski definition) is 1. The Labute approximate surface area is 72.1 Å². The van der Waals surface area contributed by atoms with Crippen molar-refractivity contribution >= 4 is 6.20 Å².